The van der Waals surface area contributed by atoms with E-state index >= 15 is 0 Å². The van der Waals surface area contributed by atoms with Crippen molar-refractivity contribution in [3.8, 4) is 0 Å². The van der Waals surface area contributed by atoms with E-state index in [0.717, 1.165) is 46.2 Å². The van der Waals surface area contributed by atoms with Crippen molar-refractivity contribution >= 4 is 21.8 Å². The van der Waals surface area contributed by atoms with Crippen molar-refractivity contribution in [2.24, 2.45) is 5.92 Å². The van der Waals surface area contributed by atoms with Crippen LogP contribution in [0.5, 0.6) is 0 Å². The Balaban J connectivity index is 1.75. The standard InChI is InChI=1S/C31H35NO5S/c1-20-9-11-24-7-5-6-8-30(24)38(36,37)32(18-20)19-27-16-26(12-10-21(27)2)29(17-31(34)35)28-14-13-25(23(4)33)15-22(28)3/h5-8,10,12-16,20,29H,9,11,17-19H2,1-4H3,(H,34,35)/t20-,29?/m0/s1. The predicted octanol–water partition coefficient (Wildman–Crippen LogP) is 5.89. The SMILES string of the molecule is CC(=O)c1ccc(C(CC(=O)O)c2ccc(C)c(CN3C[C@@H](C)CCc4ccccc4S3(=O)=O)c2)c(C)c1. The van der Waals surface area contributed by atoms with Crippen LogP contribution in [0.1, 0.15) is 76.3 Å². The number of hydrogen-bond acceptors (Lipinski definition) is 4. The molecule has 4 rings (SSSR count). The lowest BCUT2D eigenvalue weighted by Gasteiger charge is -2.30. The van der Waals surface area contributed by atoms with Crippen molar-refractivity contribution in [2.45, 2.75) is 64.3 Å². The third kappa shape index (κ3) is 5.89. The van der Waals surface area contributed by atoms with Crippen LogP contribution in [0.3, 0.4) is 0 Å². The Hall–Kier alpha value is -3.29. The zero-order chi connectivity index (χ0) is 27.6. The van der Waals surface area contributed by atoms with E-state index < -0.39 is 21.9 Å². The highest BCUT2D eigenvalue weighted by Crippen LogP contribution is 2.34. The summed E-state index contributed by atoms with van der Waals surface area (Å²) in [6.45, 7) is 8.06. The van der Waals surface area contributed by atoms with Crippen molar-refractivity contribution in [3.05, 3.63) is 99.6 Å². The van der Waals surface area contributed by atoms with Crippen LogP contribution >= 0.6 is 0 Å². The number of rotatable bonds is 7. The van der Waals surface area contributed by atoms with Gasteiger partial charge in [0.25, 0.3) is 0 Å². The Kier molecular flexibility index (Phi) is 8.19. The Bertz CT molecular complexity index is 1480. The summed E-state index contributed by atoms with van der Waals surface area (Å²) in [5.74, 6) is -1.21. The second-order valence-corrected chi connectivity index (χ2v) is 12.4. The normalized spacial score (nSPS) is 18.2. The third-order valence-corrected chi connectivity index (χ3v) is 9.48. The number of carbonyl (C=O) groups is 2. The van der Waals surface area contributed by atoms with Gasteiger partial charge in [-0.05, 0) is 85.0 Å². The van der Waals surface area contributed by atoms with Crippen LogP contribution < -0.4 is 0 Å². The van der Waals surface area contributed by atoms with Gasteiger partial charge in [0.05, 0.1) is 11.3 Å². The summed E-state index contributed by atoms with van der Waals surface area (Å²) in [5.41, 5.74) is 5.73. The van der Waals surface area contributed by atoms with Crippen LogP contribution in [-0.4, -0.2) is 36.1 Å². The Morgan fingerprint density at radius 3 is 2.45 bits per heavy atom. The van der Waals surface area contributed by atoms with Gasteiger partial charge in [0.1, 0.15) is 0 Å². The number of ketones is 1. The molecule has 0 fully saturated rings. The molecule has 0 spiro atoms. The highest BCUT2D eigenvalue weighted by atomic mass is 32.2. The lowest BCUT2D eigenvalue weighted by molar-refractivity contribution is -0.137. The zero-order valence-electron chi connectivity index (χ0n) is 22.4. The van der Waals surface area contributed by atoms with E-state index in [1.165, 1.54) is 6.92 Å². The average Bonchev–Trinajstić information content (AvgIpc) is 2.86. The van der Waals surface area contributed by atoms with Gasteiger partial charge in [-0.1, -0.05) is 55.5 Å². The van der Waals surface area contributed by atoms with Crippen molar-refractivity contribution < 1.29 is 23.1 Å². The summed E-state index contributed by atoms with van der Waals surface area (Å²) in [7, 11) is -3.71. The molecule has 6 nitrogen and oxygen atoms in total. The molecule has 0 bridgehead atoms. The van der Waals surface area contributed by atoms with Gasteiger partial charge in [-0.2, -0.15) is 4.31 Å². The fourth-order valence-electron chi connectivity index (χ4n) is 5.33. The fraction of sp³-hybridized carbons (Fsp3) is 0.355. The molecular formula is C31H35NO5S. The number of fused-ring (bicyclic) bond motifs is 1. The molecule has 3 aromatic rings. The maximum Gasteiger partial charge on any atom is 0.304 e. The van der Waals surface area contributed by atoms with E-state index in [1.807, 2.05) is 50.2 Å². The summed E-state index contributed by atoms with van der Waals surface area (Å²) in [6, 6.07) is 18.4. The molecule has 38 heavy (non-hydrogen) atoms. The monoisotopic (exact) mass is 533 g/mol. The van der Waals surface area contributed by atoms with E-state index in [4.69, 9.17) is 0 Å². The summed E-state index contributed by atoms with van der Waals surface area (Å²) in [6.07, 6.45) is 1.52. The van der Waals surface area contributed by atoms with Gasteiger partial charge in [0.15, 0.2) is 5.78 Å². The van der Waals surface area contributed by atoms with Crippen LogP contribution in [0, 0.1) is 19.8 Å². The maximum absolute atomic E-state index is 13.8. The van der Waals surface area contributed by atoms with E-state index in [0.29, 0.717) is 17.0 Å². The van der Waals surface area contributed by atoms with E-state index in [9.17, 15) is 23.1 Å². The van der Waals surface area contributed by atoms with Gasteiger partial charge in [-0.25, -0.2) is 8.42 Å². The predicted molar refractivity (Wildman–Crippen MR) is 148 cm³/mol. The van der Waals surface area contributed by atoms with Gasteiger partial charge >= 0.3 is 5.97 Å². The molecule has 0 saturated heterocycles. The summed E-state index contributed by atoms with van der Waals surface area (Å²) >= 11 is 0. The molecular weight excluding hydrogens is 498 g/mol. The number of Topliss-reactive ketones (excluding diaryl/α,β-unsaturated/α-hetero) is 1. The first-order chi connectivity index (χ1) is 18.0. The Morgan fingerprint density at radius 2 is 1.76 bits per heavy atom. The quantitative estimate of drug-likeness (QED) is 0.383. The third-order valence-electron chi connectivity index (χ3n) is 7.56. The molecule has 1 aliphatic heterocycles. The van der Waals surface area contributed by atoms with Crippen LogP contribution in [-0.2, 0) is 27.8 Å². The summed E-state index contributed by atoms with van der Waals surface area (Å²) in [5, 5.41) is 9.73. The van der Waals surface area contributed by atoms with Crippen molar-refractivity contribution in [2.75, 3.05) is 6.54 Å². The number of hydrogen-bond donors (Lipinski definition) is 1. The highest BCUT2D eigenvalue weighted by Gasteiger charge is 2.31. The van der Waals surface area contributed by atoms with Gasteiger partial charge in [0, 0.05) is 24.6 Å². The number of sulfonamides is 1. The molecule has 2 atom stereocenters. The second kappa shape index (κ2) is 11.2. The van der Waals surface area contributed by atoms with Gasteiger partial charge in [0.2, 0.25) is 10.0 Å². The lowest BCUT2D eigenvalue weighted by Crippen LogP contribution is -2.36. The van der Waals surface area contributed by atoms with Gasteiger partial charge in [-0.3, -0.25) is 9.59 Å². The minimum absolute atomic E-state index is 0.0442. The van der Waals surface area contributed by atoms with E-state index in [1.54, 1.807) is 28.6 Å². The molecule has 1 unspecified atom stereocenters. The van der Waals surface area contributed by atoms with Crippen molar-refractivity contribution in [3.63, 3.8) is 0 Å². The molecule has 3 aromatic carbocycles. The van der Waals surface area contributed by atoms with Gasteiger partial charge in [-0.15, -0.1) is 0 Å². The molecule has 0 aromatic heterocycles. The molecule has 0 aliphatic carbocycles. The minimum atomic E-state index is -3.71. The summed E-state index contributed by atoms with van der Waals surface area (Å²) < 4.78 is 29.1. The lowest BCUT2D eigenvalue weighted by atomic mass is 9.84. The van der Waals surface area contributed by atoms with Crippen LogP contribution in [0.25, 0.3) is 0 Å². The number of carboxylic acid groups (broad SMARTS) is 1. The number of benzene rings is 3. The molecule has 1 aliphatic rings. The molecule has 1 N–H and O–H groups in total. The number of nitrogens with zero attached hydrogens (tertiary/aromatic N) is 1. The number of aryl methyl sites for hydroxylation is 3. The smallest absolute Gasteiger partial charge is 0.304 e. The maximum atomic E-state index is 13.8. The van der Waals surface area contributed by atoms with E-state index in [-0.39, 0.29) is 24.7 Å². The first-order valence-electron chi connectivity index (χ1n) is 13.0. The van der Waals surface area contributed by atoms with Crippen molar-refractivity contribution in [1.29, 1.82) is 0 Å². The second-order valence-electron chi connectivity index (χ2n) is 10.5. The minimum Gasteiger partial charge on any atom is -0.481 e. The molecule has 0 radical (unpaired) electrons. The average molecular weight is 534 g/mol. The first kappa shape index (κ1) is 27.7. The van der Waals surface area contributed by atoms with Crippen LogP contribution in [0.15, 0.2) is 65.6 Å². The number of aliphatic carboxylic acids is 1. The Labute approximate surface area is 225 Å². The first-order valence-corrected chi connectivity index (χ1v) is 14.4. The molecule has 200 valence electrons. The molecule has 1 heterocycles. The number of carboxylic acids is 1. The largest absolute Gasteiger partial charge is 0.481 e. The molecule has 7 heteroatoms. The van der Waals surface area contributed by atoms with Crippen molar-refractivity contribution in [1.82, 2.24) is 4.31 Å². The highest BCUT2D eigenvalue weighted by molar-refractivity contribution is 7.89. The topological polar surface area (TPSA) is 91.8 Å². The number of carbonyl (C=O) groups excluding carboxylic acids is 1. The van der Waals surface area contributed by atoms with E-state index in [2.05, 4.69) is 6.92 Å². The van der Waals surface area contributed by atoms with Crippen LogP contribution in [0.2, 0.25) is 0 Å². The van der Waals surface area contributed by atoms with Gasteiger partial charge < -0.3 is 5.11 Å². The zero-order valence-corrected chi connectivity index (χ0v) is 23.2. The summed E-state index contributed by atoms with van der Waals surface area (Å²) in [4.78, 5) is 24.1. The molecule has 0 amide bonds. The fourth-order valence-corrected chi connectivity index (χ4v) is 7.12. The van der Waals surface area contributed by atoms with Crippen LogP contribution in [0.4, 0.5) is 0 Å². The Morgan fingerprint density at radius 1 is 1.03 bits per heavy atom. The molecule has 0 saturated carbocycles.